The van der Waals surface area contributed by atoms with E-state index in [-0.39, 0.29) is 6.32 Å². The van der Waals surface area contributed by atoms with E-state index in [4.69, 9.17) is 0 Å². The highest BCUT2D eigenvalue weighted by atomic mass is 32.2. The Morgan fingerprint density at radius 2 is 1.68 bits per heavy atom. The van der Waals surface area contributed by atoms with Gasteiger partial charge in [-0.25, -0.2) is 13.4 Å². The second-order valence-corrected chi connectivity index (χ2v) is 5.32. The molecule has 4 nitrogen and oxygen atoms in total. The lowest BCUT2D eigenvalue weighted by atomic mass is 10.3. The van der Waals surface area contributed by atoms with Crippen molar-refractivity contribution in [2.24, 2.45) is 0 Å². The highest BCUT2D eigenvalue weighted by Crippen LogP contribution is 2.13. The molecule has 0 fully saturated rings. The maximum atomic E-state index is 11.9. The standard InChI is InChI=1S/C12H12N2O2S.C2H6.H2/c1-10-7-8-12(13-9-10)14-17(15,16)11-5-3-2-4-6-11;1-2;/h2-9H,1H3,(H,13,14);1-2H3;1H. The summed E-state index contributed by atoms with van der Waals surface area (Å²) in [4.78, 5) is 4.22. The molecule has 1 aromatic heterocycles. The summed E-state index contributed by atoms with van der Waals surface area (Å²) in [6, 6.07) is 11.6. The Hall–Kier alpha value is -1.88. The van der Waals surface area contributed by atoms with E-state index >= 15 is 0 Å². The number of hydrogen-bond acceptors (Lipinski definition) is 3. The predicted molar refractivity (Wildman–Crippen MR) is 79.7 cm³/mol. The van der Waals surface area contributed by atoms with Crippen molar-refractivity contribution in [2.45, 2.75) is 25.7 Å². The largest absolute Gasteiger partial charge is 0.263 e. The van der Waals surface area contributed by atoms with E-state index in [2.05, 4.69) is 9.71 Å². The van der Waals surface area contributed by atoms with E-state index in [1.54, 1.807) is 36.5 Å². The first-order chi connectivity index (χ1) is 9.08. The number of sulfonamides is 1. The van der Waals surface area contributed by atoms with Crippen LogP contribution >= 0.6 is 0 Å². The zero-order valence-corrected chi connectivity index (χ0v) is 12.1. The smallest absolute Gasteiger partial charge is 0.263 e. The van der Waals surface area contributed by atoms with E-state index in [0.717, 1.165) is 5.56 Å². The number of aryl methyl sites for hydroxylation is 1. The molecule has 1 aromatic carbocycles. The van der Waals surface area contributed by atoms with Gasteiger partial charge >= 0.3 is 0 Å². The van der Waals surface area contributed by atoms with E-state index in [1.165, 1.54) is 12.1 Å². The van der Waals surface area contributed by atoms with Crippen LogP contribution in [0.2, 0.25) is 0 Å². The minimum atomic E-state index is -3.54. The molecule has 0 unspecified atom stereocenters. The number of aromatic nitrogens is 1. The predicted octanol–water partition coefficient (Wildman–Crippen LogP) is 3.46. The Morgan fingerprint density at radius 3 is 2.21 bits per heavy atom. The fraction of sp³-hybridized carbons (Fsp3) is 0.214. The molecule has 0 amide bonds. The fourth-order valence-electron chi connectivity index (χ4n) is 1.32. The van der Waals surface area contributed by atoms with Gasteiger partial charge in [-0.1, -0.05) is 38.1 Å². The summed E-state index contributed by atoms with van der Waals surface area (Å²) in [5.41, 5.74) is 0.979. The molecule has 104 valence electrons. The maximum absolute atomic E-state index is 11.9. The lowest BCUT2D eigenvalue weighted by Crippen LogP contribution is -2.13. The van der Waals surface area contributed by atoms with Crippen LogP contribution in [0.3, 0.4) is 0 Å². The number of nitrogens with zero attached hydrogens (tertiary/aromatic N) is 1. The number of benzene rings is 1. The van der Waals surface area contributed by atoms with Gasteiger partial charge in [-0.3, -0.25) is 4.72 Å². The third-order valence-corrected chi connectivity index (χ3v) is 3.57. The summed E-state index contributed by atoms with van der Waals surface area (Å²) < 4.78 is 26.3. The Kier molecular flexibility index (Phi) is 5.51. The van der Waals surface area contributed by atoms with E-state index in [1.807, 2.05) is 20.8 Å². The second-order valence-electron chi connectivity index (χ2n) is 3.64. The molecule has 0 aliphatic carbocycles. The summed E-state index contributed by atoms with van der Waals surface area (Å²) in [5, 5.41) is 0. The van der Waals surface area contributed by atoms with Gasteiger partial charge in [0.2, 0.25) is 0 Å². The van der Waals surface area contributed by atoms with Crippen LogP contribution in [-0.2, 0) is 10.0 Å². The third-order valence-electron chi connectivity index (χ3n) is 2.20. The molecule has 2 rings (SSSR count). The highest BCUT2D eigenvalue weighted by molar-refractivity contribution is 7.92. The SMILES string of the molecule is CC.Cc1ccc(NS(=O)(=O)c2ccccc2)nc1.[HH]. The molecule has 2 aromatic rings. The summed E-state index contributed by atoms with van der Waals surface area (Å²) in [7, 11) is -3.54. The lowest BCUT2D eigenvalue weighted by molar-refractivity contribution is 0.601. The van der Waals surface area contributed by atoms with Crippen LogP contribution in [0.5, 0.6) is 0 Å². The van der Waals surface area contributed by atoms with Crippen molar-refractivity contribution in [3.63, 3.8) is 0 Å². The fourth-order valence-corrected chi connectivity index (χ4v) is 2.35. The van der Waals surface area contributed by atoms with Gasteiger partial charge in [-0.2, -0.15) is 0 Å². The summed E-state index contributed by atoms with van der Waals surface area (Å²) in [6.45, 7) is 5.89. The number of nitrogens with one attached hydrogen (secondary N) is 1. The van der Waals surface area contributed by atoms with Gasteiger partial charge in [0.05, 0.1) is 4.90 Å². The second kappa shape index (κ2) is 6.89. The van der Waals surface area contributed by atoms with E-state index in [9.17, 15) is 8.42 Å². The number of rotatable bonds is 3. The van der Waals surface area contributed by atoms with Crippen molar-refractivity contribution in [3.05, 3.63) is 54.2 Å². The van der Waals surface area contributed by atoms with Gasteiger partial charge in [-0.05, 0) is 30.7 Å². The zero-order chi connectivity index (χ0) is 14.3. The first kappa shape index (κ1) is 15.2. The van der Waals surface area contributed by atoms with Crippen LogP contribution in [0.25, 0.3) is 0 Å². The molecule has 0 atom stereocenters. The zero-order valence-electron chi connectivity index (χ0n) is 11.3. The van der Waals surface area contributed by atoms with Crippen molar-refractivity contribution in [3.8, 4) is 0 Å². The molecule has 0 aliphatic rings. The Labute approximate surface area is 116 Å². The molecule has 0 aliphatic heterocycles. The molecule has 0 bridgehead atoms. The summed E-state index contributed by atoms with van der Waals surface area (Å²) >= 11 is 0. The van der Waals surface area contributed by atoms with Crippen LogP contribution in [0.15, 0.2) is 53.6 Å². The molecule has 19 heavy (non-hydrogen) atoms. The first-order valence-electron chi connectivity index (χ1n) is 6.08. The number of pyridine rings is 1. The molecular formula is C14H20N2O2S. The van der Waals surface area contributed by atoms with Crippen LogP contribution in [0.4, 0.5) is 5.82 Å². The lowest BCUT2D eigenvalue weighted by Gasteiger charge is -2.06. The summed E-state index contributed by atoms with van der Waals surface area (Å²) in [6.07, 6.45) is 1.61. The number of anilines is 1. The van der Waals surface area contributed by atoms with Crippen molar-refractivity contribution < 1.29 is 9.84 Å². The van der Waals surface area contributed by atoms with Gasteiger partial charge in [0, 0.05) is 7.62 Å². The average Bonchev–Trinajstić information content (AvgIpc) is 2.44. The molecule has 0 radical (unpaired) electrons. The molecule has 1 N–H and O–H groups in total. The minimum absolute atomic E-state index is 0. The van der Waals surface area contributed by atoms with E-state index < -0.39 is 10.0 Å². The van der Waals surface area contributed by atoms with Crippen LogP contribution in [0, 0.1) is 6.92 Å². The Morgan fingerprint density at radius 1 is 1.05 bits per heavy atom. The van der Waals surface area contributed by atoms with Crippen molar-refractivity contribution in [1.29, 1.82) is 0 Å². The molecule has 1 heterocycles. The van der Waals surface area contributed by atoms with Crippen molar-refractivity contribution >= 4 is 15.8 Å². The molecule has 0 saturated carbocycles. The van der Waals surface area contributed by atoms with Crippen molar-refractivity contribution in [2.75, 3.05) is 4.72 Å². The van der Waals surface area contributed by atoms with Crippen LogP contribution < -0.4 is 4.72 Å². The van der Waals surface area contributed by atoms with Gasteiger partial charge < -0.3 is 0 Å². The maximum Gasteiger partial charge on any atom is 0.263 e. The van der Waals surface area contributed by atoms with Crippen molar-refractivity contribution in [1.82, 2.24) is 4.98 Å². The van der Waals surface area contributed by atoms with Gasteiger partial charge in [0.1, 0.15) is 5.82 Å². The third kappa shape index (κ3) is 4.37. The number of hydrogen-bond donors (Lipinski definition) is 1. The van der Waals surface area contributed by atoms with Gasteiger partial charge in [0.15, 0.2) is 0 Å². The highest BCUT2D eigenvalue weighted by Gasteiger charge is 2.13. The summed E-state index contributed by atoms with van der Waals surface area (Å²) in [5.74, 6) is 0.319. The van der Waals surface area contributed by atoms with Gasteiger partial charge in [-0.15, -0.1) is 0 Å². The molecule has 0 spiro atoms. The molecule has 0 saturated heterocycles. The molecule has 5 heteroatoms. The average molecular weight is 280 g/mol. The quantitative estimate of drug-likeness (QED) is 0.936. The van der Waals surface area contributed by atoms with E-state index in [0.29, 0.717) is 5.82 Å². The Balaban J connectivity index is 0.00000115. The minimum Gasteiger partial charge on any atom is -0.263 e. The monoisotopic (exact) mass is 280 g/mol. The van der Waals surface area contributed by atoms with Crippen LogP contribution in [0.1, 0.15) is 20.8 Å². The Bertz CT molecular complexity index is 599. The normalized spacial score (nSPS) is 10.3. The van der Waals surface area contributed by atoms with Crippen LogP contribution in [-0.4, -0.2) is 13.4 Å². The molecular weight excluding hydrogens is 260 g/mol. The van der Waals surface area contributed by atoms with Gasteiger partial charge in [0.25, 0.3) is 10.0 Å². The topological polar surface area (TPSA) is 59.1 Å². The first-order valence-corrected chi connectivity index (χ1v) is 7.57.